The molecule has 17 heavy (non-hydrogen) atoms. The lowest BCUT2D eigenvalue weighted by Gasteiger charge is -2.14. The zero-order valence-corrected chi connectivity index (χ0v) is 10.3. The molecule has 0 saturated heterocycles. The lowest BCUT2D eigenvalue weighted by molar-refractivity contribution is 0.0600. The molecule has 0 aliphatic rings. The molecule has 0 saturated carbocycles. The molecule has 0 bridgehead atoms. The largest absolute Gasteiger partial charge is 0.465 e. The van der Waals surface area contributed by atoms with Gasteiger partial charge in [-0.05, 0) is 0 Å². The number of carbonyl (C=O) groups is 1. The van der Waals surface area contributed by atoms with E-state index in [-0.39, 0.29) is 5.41 Å². The van der Waals surface area contributed by atoms with E-state index in [1.54, 1.807) is 10.6 Å². The van der Waals surface area contributed by atoms with Crippen molar-refractivity contribution in [3.63, 3.8) is 0 Å². The van der Waals surface area contributed by atoms with Crippen LogP contribution < -0.4 is 0 Å². The van der Waals surface area contributed by atoms with Crippen molar-refractivity contribution in [2.75, 3.05) is 7.11 Å². The second-order valence-corrected chi connectivity index (χ2v) is 4.78. The highest BCUT2D eigenvalue weighted by Gasteiger charge is 2.22. The van der Waals surface area contributed by atoms with Gasteiger partial charge in [0.2, 0.25) is 0 Å². The van der Waals surface area contributed by atoms with Crippen LogP contribution in [0, 0.1) is 0 Å². The Labute approximate surface area is 98.6 Å². The number of fused-ring (bicyclic) bond motifs is 1. The zero-order chi connectivity index (χ0) is 12.6. The number of methoxy groups -OCH3 is 1. The van der Waals surface area contributed by atoms with Crippen LogP contribution in [0.4, 0.5) is 0 Å². The lowest BCUT2D eigenvalue weighted by Crippen LogP contribution is -2.17. The molecule has 0 fully saturated rings. The monoisotopic (exact) mass is 234 g/mol. The second kappa shape index (κ2) is 3.80. The molecule has 0 spiro atoms. The SMILES string of the molecule is COC(=O)c1cnn2c(C(C)(C)C)nnc2c1. The van der Waals surface area contributed by atoms with Gasteiger partial charge in [-0.1, -0.05) is 20.8 Å². The van der Waals surface area contributed by atoms with Gasteiger partial charge in [-0.15, -0.1) is 10.2 Å². The highest BCUT2D eigenvalue weighted by molar-refractivity contribution is 5.89. The third-order valence-corrected chi connectivity index (χ3v) is 2.35. The molecular weight excluding hydrogens is 220 g/mol. The summed E-state index contributed by atoms with van der Waals surface area (Å²) < 4.78 is 6.25. The zero-order valence-electron chi connectivity index (χ0n) is 10.3. The molecule has 6 heteroatoms. The smallest absolute Gasteiger partial charge is 0.339 e. The summed E-state index contributed by atoms with van der Waals surface area (Å²) in [5.74, 6) is 0.323. The van der Waals surface area contributed by atoms with Crippen molar-refractivity contribution in [2.45, 2.75) is 26.2 Å². The van der Waals surface area contributed by atoms with Gasteiger partial charge in [0.25, 0.3) is 0 Å². The molecule has 2 aromatic rings. The summed E-state index contributed by atoms with van der Waals surface area (Å²) in [7, 11) is 1.33. The van der Waals surface area contributed by atoms with E-state index in [2.05, 4.69) is 20.0 Å². The van der Waals surface area contributed by atoms with Gasteiger partial charge in [0, 0.05) is 11.5 Å². The van der Waals surface area contributed by atoms with Crippen molar-refractivity contribution >= 4 is 11.6 Å². The maximum atomic E-state index is 11.3. The van der Waals surface area contributed by atoms with Crippen LogP contribution in [-0.4, -0.2) is 32.9 Å². The number of carbonyl (C=O) groups excluding carboxylic acids is 1. The first kappa shape index (κ1) is 11.5. The number of hydrogen-bond donors (Lipinski definition) is 0. The van der Waals surface area contributed by atoms with Crippen molar-refractivity contribution in [1.82, 2.24) is 19.8 Å². The molecule has 2 heterocycles. The van der Waals surface area contributed by atoms with E-state index >= 15 is 0 Å². The van der Waals surface area contributed by atoms with Gasteiger partial charge in [0.15, 0.2) is 11.5 Å². The number of hydrogen-bond acceptors (Lipinski definition) is 5. The van der Waals surface area contributed by atoms with Gasteiger partial charge in [-0.3, -0.25) is 0 Å². The second-order valence-electron chi connectivity index (χ2n) is 4.78. The summed E-state index contributed by atoms with van der Waals surface area (Å²) in [6.45, 7) is 6.08. The minimum atomic E-state index is -0.430. The number of ether oxygens (including phenoxy) is 1. The molecule has 6 nitrogen and oxygen atoms in total. The third kappa shape index (κ3) is 1.98. The molecule has 0 aliphatic heterocycles. The van der Waals surface area contributed by atoms with Gasteiger partial charge in [0.05, 0.1) is 18.9 Å². The predicted molar refractivity (Wildman–Crippen MR) is 60.8 cm³/mol. The van der Waals surface area contributed by atoms with Crippen LogP contribution in [0.1, 0.15) is 37.0 Å². The van der Waals surface area contributed by atoms with E-state index < -0.39 is 5.97 Å². The summed E-state index contributed by atoms with van der Waals surface area (Å²) in [4.78, 5) is 11.3. The molecule has 0 aliphatic carbocycles. The quantitative estimate of drug-likeness (QED) is 0.693. The van der Waals surface area contributed by atoms with Gasteiger partial charge in [-0.2, -0.15) is 9.61 Å². The maximum absolute atomic E-state index is 11.3. The van der Waals surface area contributed by atoms with Crippen molar-refractivity contribution < 1.29 is 9.53 Å². The molecule has 0 aromatic carbocycles. The summed E-state index contributed by atoms with van der Waals surface area (Å²) in [5, 5.41) is 12.3. The Bertz CT molecular complexity index is 568. The molecular formula is C11H14N4O2. The van der Waals surface area contributed by atoms with Crippen molar-refractivity contribution in [3.8, 4) is 0 Å². The van der Waals surface area contributed by atoms with Crippen LogP contribution in [-0.2, 0) is 10.2 Å². The van der Waals surface area contributed by atoms with Crippen LogP contribution in [0.3, 0.4) is 0 Å². The summed E-state index contributed by atoms with van der Waals surface area (Å²) in [5.41, 5.74) is 0.754. The van der Waals surface area contributed by atoms with Crippen LogP contribution in [0.25, 0.3) is 5.65 Å². The topological polar surface area (TPSA) is 69.4 Å². The number of rotatable bonds is 1. The van der Waals surface area contributed by atoms with E-state index in [1.165, 1.54) is 13.3 Å². The first-order chi connectivity index (χ1) is 7.93. The number of esters is 1. The standard InChI is InChI=1S/C11H14N4O2/c1-11(2,3)10-14-13-8-5-7(9(16)17-4)6-12-15(8)10/h5-6H,1-4H3. The average Bonchev–Trinajstić information content (AvgIpc) is 2.70. The summed E-state index contributed by atoms with van der Waals surface area (Å²) in [6, 6.07) is 1.61. The normalized spacial score (nSPS) is 11.8. The van der Waals surface area contributed by atoms with Crippen LogP contribution in [0.15, 0.2) is 12.3 Å². The maximum Gasteiger partial charge on any atom is 0.339 e. The van der Waals surface area contributed by atoms with Gasteiger partial charge >= 0.3 is 5.97 Å². The third-order valence-electron chi connectivity index (χ3n) is 2.35. The van der Waals surface area contributed by atoms with E-state index in [0.29, 0.717) is 11.2 Å². The molecule has 2 rings (SSSR count). The minimum absolute atomic E-state index is 0.154. The van der Waals surface area contributed by atoms with E-state index in [0.717, 1.165) is 5.82 Å². The van der Waals surface area contributed by atoms with E-state index in [1.807, 2.05) is 20.8 Å². The predicted octanol–water partition coefficient (Wildman–Crippen LogP) is 1.21. The molecule has 90 valence electrons. The fraction of sp³-hybridized carbons (Fsp3) is 0.455. The Kier molecular flexibility index (Phi) is 2.57. The molecule has 0 amide bonds. The van der Waals surface area contributed by atoms with Crippen molar-refractivity contribution in [3.05, 3.63) is 23.7 Å². The first-order valence-corrected chi connectivity index (χ1v) is 5.24. The van der Waals surface area contributed by atoms with Crippen LogP contribution in [0.2, 0.25) is 0 Å². The highest BCUT2D eigenvalue weighted by Crippen LogP contribution is 2.20. The van der Waals surface area contributed by atoms with Crippen molar-refractivity contribution in [2.24, 2.45) is 0 Å². The highest BCUT2D eigenvalue weighted by atomic mass is 16.5. The molecule has 0 N–H and O–H groups in total. The Morgan fingerprint density at radius 2 is 2.06 bits per heavy atom. The average molecular weight is 234 g/mol. The van der Waals surface area contributed by atoms with Gasteiger partial charge in [-0.25, -0.2) is 4.79 Å². The van der Waals surface area contributed by atoms with Crippen molar-refractivity contribution in [1.29, 1.82) is 0 Å². The fourth-order valence-corrected chi connectivity index (χ4v) is 1.49. The number of aromatic nitrogens is 4. The van der Waals surface area contributed by atoms with E-state index in [9.17, 15) is 4.79 Å². The lowest BCUT2D eigenvalue weighted by atomic mass is 9.96. The Hall–Kier alpha value is -1.98. The van der Waals surface area contributed by atoms with Gasteiger partial charge in [0.1, 0.15) is 0 Å². The minimum Gasteiger partial charge on any atom is -0.465 e. The Balaban J connectivity index is 2.56. The van der Waals surface area contributed by atoms with Gasteiger partial charge < -0.3 is 4.74 Å². The number of nitrogens with zero attached hydrogens (tertiary/aromatic N) is 4. The van der Waals surface area contributed by atoms with E-state index in [4.69, 9.17) is 0 Å². The molecule has 2 aromatic heterocycles. The van der Waals surface area contributed by atoms with Crippen LogP contribution >= 0.6 is 0 Å². The Morgan fingerprint density at radius 3 is 2.65 bits per heavy atom. The molecule has 0 radical (unpaired) electrons. The summed E-state index contributed by atoms with van der Waals surface area (Å²) in [6.07, 6.45) is 1.46. The van der Waals surface area contributed by atoms with Crippen LogP contribution in [0.5, 0.6) is 0 Å². The Morgan fingerprint density at radius 1 is 1.35 bits per heavy atom. The molecule has 0 atom stereocenters. The fourth-order valence-electron chi connectivity index (χ4n) is 1.49. The molecule has 0 unspecified atom stereocenters. The summed E-state index contributed by atoms with van der Waals surface area (Å²) >= 11 is 0. The first-order valence-electron chi connectivity index (χ1n) is 5.24.